The summed E-state index contributed by atoms with van der Waals surface area (Å²) in [6, 6.07) is 15.1. The molecule has 4 aromatic rings. The number of ether oxygens (including phenoxy) is 1. The fourth-order valence-corrected chi connectivity index (χ4v) is 4.16. The van der Waals surface area contributed by atoms with E-state index in [1.807, 2.05) is 6.08 Å². The van der Waals surface area contributed by atoms with Crippen molar-refractivity contribution >= 4 is 27.9 Å². The van der Waals surface area contributed by atoms with Crippen molar-refractivity contribution in [3.63, 3.8) is 0 Å². The highest BCUT2D eigenvalue weighted by Gasteiger charge is 2.15. The molecule has 35 heavy (non-hydrogen) atoms. The molecule has 0 spiro atoms. The van der Waals surface area contributed by atoms with Crippen LogP contribution < -0.4 is 20.7 Å². The average Bonchev–Trinajstić information content (AvgIpc) is 2.83. The van der Waals surface area contributed by atoms with Gasteiger partial charge in [-0.1, -0.05) is 24.3 Å². The predicted octanol–water partition coefficient (Wildman–Crippen LogP) is 3.14. The summed E-state index contributed by atoms with van der Waals surface area (Å²) in [5.41, 5.74) is 2.70. The van der Waals surface area contributed by atoms with Crippen molar-refractivity contribution in [3.8, 4) is 22.6 Å². The lowest BCUT2D eigenvalue weighted by Crippen LogP contribution is -2.32. The Balaban J connectivity index is 1.84. The van der Waals surface area contributed by atoms with Crippen LogP contribution in [0.2, 0.25) is 0 Å². The molecule has 2 N–H and O–H groups in total. The van der Waals surface area contributed by atoms with Crippen LogP contribution >= 0.6 is 0 Å². The summed E-state index contributed by atoms with van der Waals surface area (Å²) >= 11 is 0. The van der Waals surface area contributed by atoms with E-state index in [0.29, 0.717) is 28.3 Å². The summed E-state index contributed by atoms with van der Waals surface area (Å²) in [7, 11) is -1.82. The van der Waals surface area contributed by atoms with E-state index in [-0.39, 0.29) is 0 Å². The molecule has 178 valence electrons. The Kier molecular flexibility index (Phi) is 6.65. The minimum absolute atomic E-state index is 0.372. The Hall–Kier alpha value is -4.44. The average molecular weight is 491 g/mol. The first-order valence-electron chi connectivity index (χ1n) is 10.4. The Bertz CT molecular complexity index is 1580. The van der Waals surface area contributed by atoms with E-state index >= 15 is 0 Å². The molecule has 0 radical (unpaired) electrons. The molecule has 0 aliphatic heterocycles. The molecule has 2 heterocycles. The van der Waals surface area contributed by atoms with Gasteiger partial charge in [0, 0.05) is 41.5 Å². The molecule has 9 nitrogen and oxygen atoms in total. The lowest BCUT2D eigenvalue weighted by atomic mass is 10.00. The van der Waals surface area contributed by atoms with Crippen molar-refractivity contribution in [1.29, 1.82) is 0 Å². The van der Waals surface area contributed by atoms with Crippen LogP contribution in [-0.4, -0.2) is 36.3 Å². The van der Waals surface area contributed by atoms with Gasteiger partial charge in [0.25, 0.3) is 5.56 Å². The van der Waals surface area contributed by atoms with Gasteiger partial charge in [-0.2, -0.15) is 0 Å². The van der Waals surface area contributed by atoms with Gasteiger partial charge >= 0.3 is 5.69 Å². The molecule has 0 unspecified atom stereocenters. The van der Waals surface area contributed by atoms with E-state index in [2.05, 4.69) is 14.7 Å². The van der Waals surface area contributed by atoms with Gasteiger partial charge in [0.15, 0.2) is 0 Å². The van der Waals surface area contributed by atoms with Gasteiger partial charge in [-0.25, -0.2) is 17.8 Å². The third-order valence-corrected chi connectivity index (χ3v) is 5.69. The van der Waals surface area contributed by atoms with Crippen molar-refractivity contribution < 1.29 is 13.2 Å². The monoisotopic (exact) mass is 490 g/mol. The van der Waals surface area contributed by atoms with Crippen LogP contribution in [0.1, 0.15) is 11.1 Å². The maximum atomic E-state index is 12.5. The largest absolute Gasteiger partial charge is 0.495 e. The highest BCUT2D eigenvalue weighted by molar-refractivity contribution is 7.92. The zero-order chi connectivity index (χ0) is 25.0. The molecule has 2 aromatic carbocycles. The summed E-state index contributed by atoms with van der Waals surface area (Å²) in [4.78, 5) is 31.5. The number of H-pyrrole nitrogens is 1. The van der Waals surface area contributed by atoms with E-state index in [9.17, 15) is 18.0 Å². The number of anilines is 1. The van der Waals surface area contributed by atoms with Crippen LogP contribution in [0, 0.1) is 0 Å². The van der Waals surface area contributed by atoms with Crippen LogP contribution in [0.25, 0.3) is 29.0 Å². The number of hydrogen-bond donors (Lipinski definition) is 2. The van der Waals surface area contributed by atoms with Crippen LogP contribution in [0.5, 0.6) is 5.75 Å². The van der Waals surface area contributed by atoms with E-state index in [1.165, 1.54) is 12.3 Å². The fourth-order valence-electron chi connectivity index (χ4n) is 3.59. The molecular weight excluding hydrogens is 468 g/mol. The highest BCUT2D eigenvalue weighted by atomic mass is 32.2. The third kappa shape index (κ3) is 5.56. The van der Waals surface area contributed by atoms with Crippen LogP contribution in [0.15, 0.2) is 82.8 Å². The lowest BCUT2D eigenvalue weighted by Gasteiger charge is -2.15. The summed E-state index contributed by atoms with van der Waals surface area (Å²) in [5, 5.41) is 0. The van der Waals surface area contributed by atoms with Crippen molar-refractivity contribution in [1.82, 2.24) is 14.5 Å². The Morgan fingerprint density at radius 3 is 2.34 bits per heavy atom. The van der Waals surface area contributed by atoms with Gasteiger partial charge in [0.05, 0.1) is 19.1 Å². The predicted molar refractivity (Wildman–Crippen MR) is 136 cm³/mol. The molecule has 0 aliphatic carbocycles. The normalized spacial score (nSPS) is 11.5. The quantitative estimate of drug-likeness (QED) is 0.384. The summed E-state index contributed by atoms with van der Waals surface area (Å²) in [6.07, 6.45) is 9.30. The molecule has 2 aromatic heterocycles. The minimum atomic E-state index is -3.37. The number of aromatic amines is 1. The fraction of sp³-hybridized carbons (Fsp3) is 0.0800. The second kappa shape index (κ2) is 9.82. The van der Waals surface area contributed by atoms with E-state index in [4.69, 9.17) is 4.74 Å². The number of hydrogen-bond acceptors (Lipinski definition) is 6. The van der Waals surface area contributed by atoms with Crippen molar-refractivity contribution in [2.45, 2.75) is 0 Å². The maximum Gasteiger partial charge on any atom is 0.332 e. The Morgan fingerprint density at radius 1 is 1.00 bits per heavy atom. The van der Waals surface area contributed by atoms with E-state index in [1.54, 1.807) is 74.1 Å². The van der Waals surface area contributed by atoms with Crippen molar-refractivity contribution in [2.75, 3.05) is 18.1 Å². The summed E-state index contributed by atoms with van der Waals surface area (Å²) in [5.74, 6) is 0.548. The summed E-state index contributed by atoms with van der Waals surface area (Å²) in [6.45, 7) is 0. The molecular formula is C25H22N4O5S. The van der Waals surface area contributed by atoms with Gasteiger partial charge < -0.3 is 9.72 Å². The molecule has 0 bridgehead atoms. The lowest BCUT2D eigenvalue weighted by molar-refractivity contribution is 0.415. The molecule has 0 fully saturated rings. The standard InChI is InChI=1S/C25H22N4O5S/c1-34-24-19(6-3-17-4-7-20(8-5-17)28-35(2,32)33)15-21(29-23(30)11-14-27-25(29)31)16-22(24)18-9-12-26-13-10-18/h3-16,28H,1-2H3,(H,27,31)/b6-3+. The number of rotatable bonds is 7. The SMILES string of the molecule is COc1c(/C=C/c2ccc(NS(C)(=O)=O)cc2)cc(-n2c(=O)cc[nH]c2=O)cc1-c1ccncc1. The van der Waals surface area contributed by atoms with Crippen molar-refractivity contribution in [3.05, 3.63) is 105 Å². The number of pyridine rings is 1. The number of nitrogens with zero attached hydrogens (tertiary/aromatic N) is 2. The van der Waals surface area contributed by atoms with Crippen molar-refractivity contribution in [2.24, 2.45) is 0 Å². The van der Waals surface area contributed by atoms with E-state index in [0.717, 1.165) is 21.9 Å². The zero-order valence-electron chi connectivity index (χ0n) is 18.9. The first-order valence-corrected chi connectivity index (χ1v) is 12.3. The maximum absolute atomic E-state index is 12.5. The molecule has 10 heteroatoms. The number of sulfonamides is 1. The van der Waals surface area contributed by atoms with Gasteiger partial charge in [-0.05, 0) is 47.5 Å². The first kappa shape index (κ1) is 23.7. The molecule has 0 amide bonds. The molecule has 0 saturated carbocycles. The van der Waals surface area contributed by atoms with E-state index < -0.39 is 21.3 Å². The number of aromatic nitrogens is 3. The molecule has 4 rings (SSSR count). The number of methoxy groups -OCH3 is 1. The Morgan fingerprint density at radius 2 is 1.71 bits per heavy atom. The zero-order valence-corrected chi connectivity index (χ0v) is 19.7. The first-order chi connectivity index (χ1) is 16.7. The minimum Gasteiger partial charge on any atom is -0.495 e. The van der Waals surface area contributed by atoms with Gasteiger partial charge in [0.2, 0.25) is 10.0 Å². The van der Waals surface area contributed by atoms with Crippen LogP contribution in [0.4, 0.5) is 5.69 Å². The van der Waals surface area contributed by atoms with Gasteiger partial charge in [0.1, 0.15) is 5.75 Å². The third-order valence-electron chi connectivity index (χ3n) is 5.08. The second-order valence-electron chi connectivity index (χ2n) is 7.64. The molecule has 0 aliphatic rings. The topological polar surface area (TPSA) is 123 Å². The molecule has 0 atom stereocenters. The van der Waals surface area contributed by atoms with Crippen LogP contribution in [-0.2, 0) is 10.0 Å². The Labute approximate surface area is 201 Å². The number of nitrogens with one attached hydrogen (secondary N) is 2. The smallest absolute Gasteiger partial charge is 0.332 e. The summed E-state index contributed by atoms with van der Waals surface area (Å²) < 4.78 is 32.0. The van der Waals surface area contributed by atoms with Crippen LogP contribution in [0.3, 0.4) is 0 Å². The second-order valence-corrected chi connectivity index (χ2v) is 9.39. The molecule has 0 saturated heterocycles. The number of benzene rings is 2. The van der Waals surface area contributed by atoms with Gasteiger partial charge in [-0.15, -0.1) is 0 Å². The van der Waals surface area contributed by atoms with Gasteiger partial charge in [-0.3, -0.25) is 14.5 Å². The highest BCUT2D eigenvalue weighted by Crippen LogP contribution is 2.36.